The van der Waals surface area contributed by atoms with Crippen molar-refractivity contribution in [3.63, 3.8) is 0 Å². The van der Waals surface area contributed by atoms with Gasteiger partial charge in [0.2, 0.25) is 0 Å². The Morgan fingerprint density at radius 1 is 0.941 bits per heavy atom. The van der Waals surface area contributed by atoms with E-state index in [2.05, 4.69) is 10.6 Å². The number of aryl methyl sites for hydroxylation is 1. The third-order valence-electron chi connectivity index (χ3n) is 5.85. The first-order chi connectivity index (χ1) is 16.4. The van der Waals surface area contributed by atoms with Gasteiger partial charge in [-0.2, -0.15) is 0 Å². The molecule has 3 aromatic carbocycles. The van der Waals surface area contributed by atoms with Gasteiger partial charge in [0.25, 0.3) is 11.5 Å². The number of rotatable bonds is 7. The Balaban J connectivity index is 1.74. The lowest BCUT2D eigenvalue weighted by atomic mass is 10.1. The smallest absolute Gasteiger partial charge is 0.295 e. The number of nitrogens with one attached hydrogen (secondary N) is 2. The molecule has 0 radical (unpaired) electrons. The fourth-order valence-electron chi connectivity index (χ4n) is 3.95. The summed E-state index contributed by atoms with van der Waals surface area (Å²) in [5.74, 6) is 0.261. The van der Waals surface area contributed by atoms with Gasteiger partial charge >= 0.3 is 0 Å². The monoisotopic (exact) mass is 456 g/mol. The number of amides is 1. The summed E-state index contributed by atoms with van der Waals surface area (Å²) in [5.41, 5.74) is 3.90. The Hall–Kier alpha value is -4.26. The fourth-order valence-corrected chi connectivity index (χ4v) is 3.95. The van der Waals surface area contributed by atoms with Gasteiger partial charge in [0.15, 0.2) is 0 Å². The molecule has 1 atom stereocenters. The van der Waals surface area contributed by atoms with Gasteiger partial charge in [-0.1, -0.05) is 54.6 Å². The van der Waals surface area contributed by atoms with Gasteiger partial charge in [-0.05, 0) is 49.2 Å². The van der Waals surface area contributed by atoms with Crippen LogP contribution < -0.4 is 20.9 Å². The molecule has 0 aliphatic carbocycles. The number of aromatic nitrogens is 2. The fraction of sp³-hybridized carbons (Fsp3) is 0.185. The van der Waals surface area contributed by atoms with E-state index < -0.39 is 6.04 Å². The van der Waals surface area contributed by atoms with Crippen LogP contribution in [-0.2, 0) is 11.8 Å². The number of ether oxygens (including phenoxy) is 1. The maximum atomic E-state index is 13.5. The molecule has 2 N–H and O–H groups in total. The van der Waals surface area contributed by atoms with E-state index in [-0.39, 0.29) is 11.5 Å². The van der Waals surface area contributed by atoms with Crippen LogP contribution in [0.25, 0.3) is 5.69 Å². The van der Waals surface area contributed by atoms with E-state index >= 15 is 0 Å². The number of hydrogen-bond donors (Lipinski definition) is 2. The van der Waals surface area contributed by atoms with Crippen molar-refractivity contribution in [2.75, 3.05) is 17.7 Å². The molecule has 7 heteroatoms. The summed E-state index contributed by atoms with van der Waals surface area (Å²) in [6.45, 7) is 3.80. The number of para-hydroxylation sites is 1. The summed E-state index contributed by atoms with van der Waals surface area (Å²) >= 11 is 0. The highest BCUT2D eigenvalue weighted by molar-refractivity contribution is 5.98. The number of carbonyl (C=O) groups excluding carboxylic acids is 1. The van der Waals surface area contributed by atoms with Gasteiger partial charge in [-0.3, -0.25) is 14.3 Å². The highest BCUT2D eigenvalue weighted by atomic mass is 16.5. The van der Waals surface area contributed by atoms with Crippen molar-refractivity contribution >= 4 is 17.3 Å². The third-order valence-corrected chi connectivity index (χ3v) is 5.85. The van der Waals surface area contributed by atoms with Gasteiger partial charge in [-0.15, -0.1) is 0 Å². The molecule has 0 aliphatic rings. The summed E-state index contributed by atoms with van der Waals surface area (Å²) in [4.78, 5) is 27.0. The van der Waals surface area contributed by atoms with Gasteiger partial charge in [0.05, 0.1) is 24.2 Å². The normalized spacial score (nSPS) is 11.6. The van der Waals surface area contributed by atoms with E-state index in [4.69, 9.17) is 4.74 Å². The van der Waals surface area contributed by atoms with Crippen molar-refractivity contribution in [3.05, 3.63) is 106 Å². The molecule has 4 aromatic rings. The highest BCUT2D eigenvalue weighted by Crippen LogP contribution is 2.28. The van der Waals surface area contributed by atoms with Gasteiger partial charge in [0, 0.05) is 7.05 Å². The van der Waals surface area contributed by atoms with E-state index in [1.54, 1.807) is 16.5 Å². The molecule has 1 unspecified atom stereocenters. The molecule has 0 bridgehead atoms. The number of carbonyl (C=O) groups is 1. The lowest BCUT2D eigenvalue weighted by Crippen LogP contribution is -2.30. The minimum absolute atomic E-state index is 0.229. The average molecular weight is 457 g/mol. The lowest BCUT2D eigenvalue weighted by molar-refractivity contribution is -0.117. The molecule has 0 saturated carbocycles. The number of hydrogen-bond acceptors (Lipinski definition) is 4. The molecule has 0 aliphatic heterocycles. The Morgan fingerprint density at radius 2 is 1.59 bits per heavy atom. The second-order valence-electron chi connectivity index (χ2n) is 8.12. The summed E-state index contributed by atoms with van der Waals surface area (Å²) in [5, 5.41) is 6.20. The first kappa shape index (κ1) is 22.9. The molecular formula is C27H28N4O3. The molecule has 174 valence electrons. The molecule has 0 spiro atoms. The van der Waals surface area contributed by atoms with Crippen LogP contribution in [0.15, 0.2) is 83.7 Å². The van der Waals surface area contributed by atoms with Crippen molar-refractivity contribution in [1.82, 2.24) is 9.36 Å². The molecular weight excluding hydrogens is 428 g/mol. The Labute approximate surface area is 198 Å². The Bertz CT molecular complexity index is 1360. The molecule has 0 saturated heterocycles. The van der Waals surface area contributed by atoms with Crippen LogP contribution >= 0.6 is 0 Å². The summed E-state index contributed by atoms with van der Waals surface area (Å²) in [6.07, 6.45) is 0. The van der Waals surface area contributed by atoms with Crippen LogP contribution in [0.2, 0.25) is 0 Å². The second kappa shape index (κ2) is 9.70. The summed E-state index contributed by atoms with van der Waals surface area (Å²) in [7, 11) is 3.39. The van der Waals surface area contributed by atoms with Gasteiger partial charge < -0.3 is 15.4 Å². The first-order valence-corrected chi connectivity index (χ1v) is 11.0. The van der Waals surface area contributed by atoms with Crippen molar-refractivity contribution in [2.45, 2.75) is 19.9 Å². The third kappa shape index (κ3) is 4.45. The molecule has 34 heavy (non-hydrogen) atoms. The molecule has 1 amide bonds. The SMILES string of the molecule is COc1ccc(C)cc1NC(=O)C(Nc1c(C)n(C)n(-c2ccccc2)c1=O)c1ccccc1. The maximum absolute atomic E-state index is 13.5. The van der Waals surface area contributed by atoms with E-state index in [1.807, 2.05) is 99.8 Å². The molecule has 0 fully saturated rings. The highest BCUT2D eigenvalue weighted by Gasteiger charge is 2.26. The Kier molecular flexibility index (Phi) is 6.54. The van der Waals surface area contributed by atoms with Gasteiger partial charge in [-0.25, -0.2) is 4.68 Å². The number of anilines is 2. The van der Waals surface area contributed by atoms with Crippen LogP contribution in [0.5, 0.6) is 5.75 Å². The molecule has 1 heterocycles. The first-order valence-electron chi connectivity index (χ1n) is 11.0. The Morgan fingerprint density at radius 3 is 2.24 bits per heavy atom. The zero-order valence-electron chi connectivity index (χ0n) is 19.7. The van der Waals surface area contributed by atoms with Crippen molar-refractivity contribution in [2.24, 2.45) is 7.05 Å². The zero-order valence-corrected chi connectivity index (χ0v) is 19.7. The van der Waals surface area contributed by atoms with Crippen LogP contribution in [0.3, 0.4) is 0 Å². The summed E-state index contributed by atoms with van der Waals surface area (Å²) in [6, 6.07) is 23.5. The zero-order chi connectivity index (χ0) is 24.2. The van der Waals surface area contributed by atoms with E-state index in [0.29, 0.717) is 17.1 Å². The van der Waals surface area contributed by atoms with E-state index in [1.165, 1.54) is 0 Å². The van der Waals surface area contributed by atoms with Crippen LogP contribution in [0.1, 0.15) is 22.9 Å². The maximum Gasteiger partial charge on any atom is 0.295 e. The lowest BCUT2D eigenvalue weighted by Gasteiger charge is -2.20. The number of benzene rings is 3. The minimum atomic E-state index is -0.801. The largest absolute Gasteiger partial charge is 0.495 e. The molecule has 7 nitrogen and oxygen atoms in total. The molecule has 1 aromatic heterocycles. The van der Waals surface area contributed by atoms with E-state index in [9.17, 15) is 9.59 Å². The minimum Gasteiger partial charge on any atom is -0.495 e. The van der Waals surface area contributed by atoms with Crippen molar-refractivity contribution in [1.29, 1.82) is 0 Å². The predicted molar refractivity (Wildman–Crippen MR) is 135 cm³/mol. The van der Waals surface area contributed by atoms with Crippen LogP contribution in [0, 0.1) is 13.8 Å². The molecule has 4 rings (SSSR count). The van der Waals surface area contributed by atoms with Gasteiger partial charge in [0.1, 0.15) is 17.5 Å². The van der Waals surface area contributed by atoms with E-state index in [0.717, 1.165) is 22.5 Å². The van der Waals surface area contributed by atoms with Crippen molar-refractivity contribution in [3.8, 4) is 11.4 Å². The van der Waals surface area contributed by atoms with Crippen molar-refractivity contribution < 1.29 is 9.53 Å². The summed E-state index contributed by atoms with van der Waals surface area (Å²) < 4.78 is 8.79. The van der Waals surface area contributed by atoms with Crippen LogP contribution in [-0.4, -0.2) is 22.4 Å². The average Bonchev–Trinajstić information content (AvgIpc) is 3.06. The predicted octanol–water partition coefficient (Wildman–Crippen LogP) is 4.59. The topological polar surface area (TPSA) is 77.3 Å². The number of methoxy groups -OCH3 is 1. The standard InChI is InChI=1S/C27H28N4O3/c1-18-15-16-23(34-4)22(17-18)28-26(32)25(20-11-7-5-8-12-20)29-24-19(2)30(3)31(27(24)33)21-13-9-6-10-14-21/h5-17,25,29H,1-4H3,(H,28,32). The quantitative estimate of drug-likeness (QED) is 0.426. The number of nitrogens with zero attached hydrogens (tertiary/aromatic N) is 2. The van der Waals surface area contributed by atoms with Crippen LogP contribution in [0.4, 0.5) is 11.4 Å². The second-order valence-corrected chi connectivity index (χ2v) is 8.12.